The molecule has 0 radical (unpaired) electrons. The molecule has 1 aliphatic heterocycles. The third kappa shape index (κ3) is 2.93. The summed E-state index contributed by atoms with van der Waals surface area (Å²) < 4.78 is 0.974. The normalized spacial score (nSPS) is 20.1. The number of nitrogens with zero attached hydrogens (tertiary/aromatic N) is 1. The molecular weight excluding hydrogens is 284 g/mol. The van der Waals surface area contributed by atoms with Crippen molar-refractivity contribution in [3.05, 3.63) is 28.2 Å². The second-order valence-corrected chi connectivity index (χ2v) is 5.87. The molecule has 2 nitrogen and oxygen atoms in total. The highest BCUT2D eigenvalue weighted by molar-refractivity contribution is 9.10. The Morgan fingerprint density at radius 1 is 1.50 bits per heavy atom. The highest BCUT2D eigenvalue weighted by Crippen LogP contribution is 2.27. The zero-order valence-electron chi connectivity index (χ0n) is 8.87. The van der Waals surface area contributed by atoms with Crippen LogP contribution in [0.5, 0.6) is 0 Å². The van der Waals surface area contributed by atoms with Crippen LogP contribution in [0.4, 0.5) is 5.69 Å². The molecule has 0 spiro atoms. The van der Waals surface area contributed by atoms with Gasteiger partial charge in [0.05, 0.1) is 11.6 Å². The summed E-state index contributed by atoms with van der Waals surface area (Å²) in [6, 6.07) is 8.38. The standard InChI is InChI=1S/C12H13BrN2S/c13-11-6-9(7-14)3-4-12(11)15-10-2-1-5-16-8-10/h3-4,6,10,15H,1-2,5,8H2. The van der Waals surface area contributed by atoms with E-state index in [1.165, 1.54) is 24.3 Å². The van der Waals surface area contributed by atoms with Crippen LogP contribution >= 0.6 is 27.7 Å². The van der Waals surface area contributed by atoms with Crippen LogP contribution in [0.3, 0.4) is 0 Å². The van der Waals surface area contributed by atoms with Gasteiger partial charge in [0, 0.05) is 22.0 Å². The first-order chi connectivity index (χ1) is 7.79. The van der Waals surface area contributed by atoms with Gasteiger partial charge in [0.25, 0.3) is 0 Å². The molecule has 2 rings (SSSR count). The average molecular weight is 297 g/mol. The maximum absolute atomic E-state index is 8.78. The first-order valence-electron chi connectivity index (χ1n) is 5.33. The van der Waals surface area contributed by atoms with Gasteiger partial charge in [-0.25, -0.2) is 0 Å². The van der Waals surface area contributed by atoms with Gasteiger partial charge in [-0.15, -0.1) is 0 Å². The van der Waals surface area contributed by atoms with Gasteiger partial charge in [-0.2, -0.15) is 17.0 Å². The van der Waals surface area contributed by atoms with E-state index in [0.717, 1.165) is 10.2 Å². The van der Waals surface area contributed by atoms with E-state index in [4.69, 9.17) is 5.26 Å². The molecule has 1 heterocycles. The SMILES string of the molecule is N#Cc1ccc(NC2CCCSC2)c(Br)c1. The second-order valence-electron chi connectivity index (χ2n) is 3.86. The smallest absolute Gasteiger partial charge is 0.0992 e. The Morgan fingerprint density at radius 2 is 2.38 bits per heavy atom. The summed E-state index contributed by atoms with van der Waals surface area (Å²) in [7, 11) is 0. The topological polar surface area (TPSA) is 35.8 Å². The molecule has 0 saturated carbocycles. The van der Waals surface area contributed by atoms with Crippen molar-refractivity contribution < 1.29 is 0 Å². The van der Waals surface area contributed by atoms with Crippen LogP contribution < -0.4 is 5.32 Å². The fourth-order valence-corrected chi connectivity index (χ4v) is 3.34. The van der Waals surface area contributed by atoms with E-state index >= 15 is 0 Å². The quantitative estimate of drug-likeness (QED) is 0.905. The van der Waals surface area contributed by atoms with Gasteiger partial charge >= 0.3 is 0 Å². The molecule has 1 aromatic carbocycles. The van der Waals surface area contributed by atoms with E-state index < -0.39 is 0 Å². The number of hydrogen-bond donors (Lipinski definition) is 1. The molecule has 84 valence electrons. The van der Waals surface area contributed by atoms with Gasteiger partial charge in [-0.05, 0) is 52.7 Å². The number of rotatable bonds is 2. The molecule has 1 unspecified atom stereocenters. The Balaban J connectivity index is 2.06. The predicted molar refractivity (Wildman–Crippen MR) is 72.8 cm³/mol. The minimum Gasteiger partial charge on any atom is -0.381 e. The van der Waals surface area contributed by atoms with Crippen LogP contribution in [-0.2, 0) is 0 Å². The maximum Gasteiger partial charge on any atom is 0.0992 e. The summed E-state index contributed by atoms with van der Waals surface area (Å²) in [4.78, 5) is 0. The summed E-state index contributed by atoms with van der Waals surface area (Å²) in [6.07, 6.45) is 2.52. The fourth-order valence-electron chi connectivity index (χ4n) is 1.78. The average Bonchev–Trinajstić information content (AvgIpc) is 2.33. The Bertz CT molecular complexity index is 408. The molecule has 4 heteroatoms. The zero-order valence-corrected chi connectivity index (χ0v) is 11.3. The molecule has 1 aromatic rings. The third-order valence-corrected chi connectivity index (χ3v) is 4.49. The van der Waals surface area contributed by atoms with E-state index in [-0.39, 0.29) is 0 Å². The fraction of sp³-hybridized carbons (Fsp3) is 0.417. The lowest BCUT2D eigenvalue weighted by Crippen LogP contribution is -2.25. The van der Waals surface area contributed by atoms with Crippen molar-refractivity contribution in [2.45, 2.75) is 18.9 Å². The van der Waals surface area contributed by atoms with Crippen LogP contribution in [0.1, 0.15) is 18.4 Å². The van der Waals surface area contributed by atoms with Crippen LogP contribution in [0.2, 0.25) is 0 Å². The summed E-state index contributed by atoms with van der Waals surface area (Å²) >= 11 is 5.50. The number of benzene rings is 1. The highest BCUT2D eigenvalue weighted by atomic mass is 79.9. The molecule has 16 heavy (non-hydrogen) atoms. The molecule has 0 aromatic heterocycles. The molecule has 1 saturated heterocycles. The molecular formula is C12H13BrN2S. The van der Waals surface area contributed by atoms with Crippen LogP contribution in [0.25, 0.3) is 0 Å². The number of nitrogens with one attached hydrogen (secondary N) is 1. The van der Waals surface area contributed by atoms with Crippen molar-refractivity contribution in [3.63, 3.8) is 0 Å². The third-order valence-electron chi connectivity index (χ3n) is 2.62. The van der Waals surface area contributed by atoms with Crippen LogP contribution in [-0.4, -0.2) is 17.5 Å². The maximum atomic E-state index is 8.78. The minimum absolute atomic E-state index is 0.558. The van der Waals surface area contributed by atoms with Crippen LogP contribution in [0, 0.1) is 11.3 Å². The number of halogens is 1. The van der Waals surface area contributed by atoms with Crippen molar-refractivity contribution in [1.29, 1.82) is 5.26 Å². The summed E-state index contributed by atoms with van der Waals surface area (Å²) in [5, 5.41) is 12.3. The van der Waals surface area contributed by atoms with Crippen molar-refractivity contribution in [2.24, 2.45) is 0 Å². The van der Waals surface area contributed by atoms with Crippen molar-refractivity contribution in [2.75, 3.05) is 16.8 Å². The number of nitriles is 1. The first kappa shape index (κ1) is 11.8. The second kappa shape index (κ2) is 5.60. The van der Waals surface area contributed by atoms with Gasteiger partial charge in [0.2, 0.25) is 0 Å². The van der Waals surface area contributed by atoms with Gasteiger partial charge in [0.15, 0.2) is 0 Å². The Labute approximate surface area is 109 Å². The summed E-state index contributed by atoms with van der Waals surface area (Å²) in [5.74, 6) is 2.46. The van der Waals surface area contributed by atoms with E-state index in [1.54, 1.807) is 0 Å². The Morgan fingerprint density at radius 3 is 3.00 bits per heavy atom. The van der Waals surface area contributed by atoms with E-state index in [1.807, 2.05) is 30.0 Å². The first-order valence-corrected chi connectivity index (χ1v) is 7.28. The number of hydrogen-bond acceptors (Lipinski definition) is 3. The number of anilines is 1. The molecule has 1 aliphatic rings. The monoisotopic (exact) mass is 296 g/mol. The molecule has 0 bridgehead atoms. The lowest BCUT2D eigenvalue weighted by Gasteiger charge is -2.24. The van der Waals surface area contributed by atoms with Crippen molar-refractivity contribution in [3.8, 4) is 6.07 Å². The van der Waals surface area contributed by atoms with Gasteiger partial charge in [-0.1, -0.05) is 0 Å². The highest BCUT2D eigenvalue weighted by Gasteiger charge is 2.14. The lowest BCUT2D eigenvalue weighted by atomic mass is 10.1. The Hall–Kier alpha value is -0.660. The number of thioether (sulfide) groups is 1. The van der Waals surface area contributed by atoms with E-state index in [9.17, 15) is 0 Å². The minimum atomic E-state index is 0.558. The predicted octanol–water partition coefficient (Wildman–Crippen LogP) is 3.63. The Kier molecular flexibility index (Phi) is 4.14. The van der Waals surface area contributed by atoms with E-state index in [0.29, 0.717) is 11.6 Å². The zero-order chi connectivity index (χ0) is 11.4. The molecule has 1 atom stereocenters. The van der Waals surface area contributed by atoms with Gasteiger partial charge < -0.3 is 5.32 Å². The molecule has 1 N–H and O–H groups in total. The van der Waals surface area contributed by atoms with Gasteiger partial charge in [-0.3, -0.25) is 0 Å². The van der Waals surface area contributed by atoms with Crippen LogP contribution in [0.15, 0.2) is 22.7 Å². The largest absolute Gasteiger partial charge is 0.381 e. The van der Waals surface area contributed by atoms with Crippen molar-refractivity contribution in [1.82, 2.24) is 0 Å². The lowest BCUT2D eigenvalue weighted by molar-refractivity contribution is 0.685. The van der Waals surface area contributed by atoms with Crippen molar-refractivity contribution >= 4 is 33.4 Å². The van der Waals surface area contributed by atoms with E-state index in [2.05, 4.69) is 27.3 Å². The molecule has 0 amide bonds. The van der Waals surface area contributed by atoms with Gasteiger partial charge in [0.1, 0.15) is 0 Å². The summed E-state index contributed by atoms with van der Waals surface area (Å²) in [6.45, 7) is 0. The molecule has 0 aliphatic carbocycles. The molecule has 1 fully saturated rings. The summed E-state index contributed by atoms with van der Waals surface area (Å²) in [5.41, 5.74) is 1.78.